The first-order valence-electron chi connectivity index (χ1n) is 9.46. The van der Waals surface area contributed by atoms with Crippen LogP contribution < -0.4 is 0 Å². The lowest BCUT2D eigenvalue weighted by Crippen LogP contribution is -2.59. The van der Waals surface area contributed by atoms with Gasteiger partial charge in [0.2, 0.25) is 17.1 Å². The normalized spacial score (nSPS) is 30.5. The predicted octanol–water partition coefficient (Wildman–Crippen LogP) is 4.16. The van der Waals surface area contributed by atoms with Crippen LogP contribution in [0.5, 0.6) is 0 Å². The molecule has 0 amide bonds. The Morgan fingerprint density at radius 2 is 1.68 bits per heavy atom. The van der Waals surface area contributed by atoms with Gasteiger partial charge in [-0.1, -0.05) is 36.4 Å². The second-order valence-electron chi connectivity index (χ2n) is 7.81. The first-order valence-corrected chi connectivity index (χ1v) is 9.46. The molecule has 4 atom stereocenters. The van der Waals surface area contributed by atoms with Crippen LogP contribution in [0.1, 0.15) is 24.2 Å². The fraction of sp³-hybridized carbons (Fsp3) is 0.304. The van der Waals surface area contributed by atoms with Gasteiger partial charge in [-0.3, -0.25) is 5.41 Å². The number of nitrogens with one attached hydrogen (secondary N) is 1. The molecule has 2 saturated heterocycles. The van der Waals surface area contributed by atoms with Gasteiger partial charge in [-0.2, -0.15) is 15.8 Å². The largest absolute Gasteiger partial charge is 0.448 e. The molecule has 0 spiro atoms. The number of nitriles is 3. The van der Waals surface area contributed by atoms with Crippen molar-refractivity contribution in [2.75, 3.05) is 0 Å². The van der Waals surface area contributed by atoms with Crippen molar-refractivity contribution < 1.29 is 18.3 Å². The van der Waals surface area contributed by atoms with Crippen LogP contribution in [0.15, 0.2) is 48.5 Å². The molecule has 2 heterocycles. The van der Waals surface area contributed by atoms with E-state index in [1.54, 1.807) is 12.1 Å². The summed E-state index contributed by atoms with van der Waals surface area (Å²) in [7, 11) is 0. The summed E-state index contributed by atoms with van der Waals surface area (Å²) < 4.78 is 39.3. The van der Waals surface area contributed by atoms with Crippen molar-refractivity contribution in [1.29, 1.82) is 21.2 Å². The van der Waals surface area contributed by atoms with Crippen LogP contribution in [0.25, 0.3) is 0 Å². The maximum Gasteiger partial charge on any atom is 0.215 e. The number of benzene rings is 2. The monoisotopic (exact) mass is 418 g/mol. The molecule has 0 radical (unpaired) electrons. The molecular formula is C23H16F2N4O2. The standard InChI is InChI=1S/C23H16F2N4O2/c1-21-18(9-14-5-3-2-4-6-14)23(13-28,20(29)31-21)22(11-26,12-27)19(30-21)15-7-8-16(24)17(25)10-15/h2-8,10,18-19,29H,9H2,1H3. The smallest absolute Gasteiger partial charge is 0.215 e. The molecule has 2 fully saturated rings. The average Bonchev–Trinajstić information content (AvgIpc) is 2.93. The Labute approximate surface area is 177 Å². The first kappa shape index (κ1) is 20.5. The van der Waals surface area contributed by atoms with Gasteiger partial charge in [0.1, 0.15) is 6.10 Å². The van der Waals surface area contributed by atoms with E-state index in [2.05, 4.69) is 0 Å². The molecule has 2 aromatic rings. The Hall–Kier alpha value is -3.80. The highest BCUT2D eigenvalue weighted by molar-refractivity contribution is 5.89. The summed E-state index contributed by atoms with van der Waals surface area (Å²) in [5.41, 5.74) is -3.42. The summed E-state index contributed by atoms with van der Waals surface area (Å²) in [5.74, 6) is -5.26. The third-order valence-electron chi connectivity index (χ3n) is 6.24. The van der Waals surface area contributed by atoms with Crippen LogP contribution in [0.4, 0.5) is 8.78 Å². The van der Waals surface area contributed by atoms with Gasteiger partial charge >= 0.3 is 0 Å². The summed E-state index contributed by atoms with van der Waals surface area (Å²) in [6, 6.07) is 17.8. The Kier molecular flexibility index (Phi) is 4.54. The third-order valence-corrected chi connectivity index (χ3v) is 6.24. The zero-order valence-electron chi connectivity index (χ0n) is 16.4. The molecular weight excluding hydrogens is 402 g/mol. The molecule has 0 aromatic heterocycles. The predicted molar refractivity (Wildman–Crippen MR) is 103 cm³/mol. The lowest BCUT2D eigenvalue weighted by atomic mass is 9.52. The quantitative estimate of drug-likeness (QED) is 0.804. The molecule has 2 aromatic carbocycles. The lowest BCUT2D eigenvalue weighted by molar-refractivity contribution is -0.272. The van der Waals surface area contributed by atoms with Crippen LogP contribution in [0, 0.1) is 67.8 Å². The van der Waals surface area contributed by atoms with Crippen molar-refractivity contribution >= 4 is 5.90 Å². The van der Waals surface area contributed by atoms with E-state index in [-0.39, 0.29) is 12.0 Å². The number of hydrogen-bond acceptors (Lipinski definition) is 6. The Balaban J connectivity index is 1.95. The molecule has 8 heteroatoms. The van der Waals surface area contributed by atoms with Gasteiger partial charge in [0.05, 0.1) is 24.1 Å². The van der Waals surface area contributed by atoms with E-state index < -0.39 is 46.2 Å². The molecule has 31 heavy (non-hydrogen) atoms. The second-order valence-corrected chi connectivity index (χ2v) is 7.81. The maximum absolute atomic E-state index is 14.0. The average molecular weight is 418 g/mol. The molecule has 2 bridgehead atoms. The Morgan fingerprint density at radius 1 is 1.00 bits per heavy atom. The van der Waals surface area contributed by atoms with Crippen molar-refractivity contribution in [1.82, 2.24) is 0 Å². The highest BCUT2D eigenvalue weighted by atomic mass is 19.2. The molecule has 2 aliphatic heterocycles. The van der Waals surface area contributed by atoms with Crippen LogP contribution in [-0.4, -0.2) is 11.7 Å². The number of hydrogen-bond donors (Lipinski definition) is 1. The van der Waals surface area contributed by atoms with Gasteiger partial charge < -0.3 is 9.47 Å². The van der Waals surface area contributed by atoms with Gasteiger partial charge in [0.15, 0.2) is 17.0 Å². The molecule has 154 valence electrons. The van der Waals surface area contributed by atoms with Gasteiger partial charge in [-0.05, 0) is 29.7 Å². The molecule has 4 unspecified atom stereocenters. The number of ether oxygens (including phenoxy) is 2. The molecule has 0 saturated carbocycles. The van der Waals surface area contributed by atoms with Gasteiger partial charge in [-0.15, -0.1) is 0 Å². The van der Waals surface area contributed by atoms with E-state index in [1.165, 1.54) is 13.0 Å². The highest BCUT2D eigenvalue weighted by Crippen LogP contribution is 2.66. The van der Waals surface area contributed by atoms with Gasteiger partial charge in [0, 0.05) is 6.92 Å². The first-order chi connectivity index (χ1) is 14.8. The van der Waals surface area contributed by atoms with E-state index >= 15 is 0 Å². The summed E-state index contributed by atoms with van der Waals surface area (Å²) in [6.45, 7) is 1.53. The second kappa shape index (κ2) is 6.87. The van der Waals surface area contributed by atoms with Crippen LogP contribution >= 0.6 is 0 Å². The molecule has 0 aliphatic carbocycles. The van der Waals surface area contributed by atoms with E-state index in [1.807, 2.05) is 36.4 Å². The SMILES string of the molecule is CC12OC(=N)C(C#N)(C1Cc1ccccc1)C(C#N)(C#N)C(c1ccc(F)c(F)c1)O2. The number of nitrogens with zero attached hydrogens (tertiary/aromatic N) is 3. The summed E-state index contributed by atoms with van der Waals surface area (Å²) in [4.78, 5) is 0. The number of halogens is 2. The third kappa shape index (κ3) is 2.57. The van der Waals surface area contributed by atoms with Crippen LogP contribution in [-0.2, 0) is 15.9 Å². The highest BCUT2D eigenvalue weighted by Gasteiger charge is 2.79. The van der Waals surface area contributed by atoms with E-state index in [4.69, 9.17) is 14.9 Å². The summed E-state index contributed by atoms with van der Waals surface area (Å²) in [5, 5.41) is 39.1. The summed E-state index contributed by atoms with van der Waals surface area (Å²) in [6.07, 6.45) is -1.25. The topological polar surface area (TPSA) is 114 Å². The molecule has 1 N–H and O–H groups in total. The lowest BCUT2D eigenvalue weighted by Gasteiger charge is -2.48. The number of fused-ring (bicyclic) bond motifs is 2. The van der Waals surface area contributed by atoms with E-state index in [0.29, 0.717) is 0 Å². The van der Waals surface area contributed by atoms with Crippen LogP contribution in [0.2, 0.25) is 0 Å². The minimum Gasteiger partial charge on any atom is -0.448 e. The van der Waals surface area contributed by atoms with Crippen molar-refractivity contribution in [2.45, 2.75) is 25.2 Å². The van der Waals surface area contributed by atoms with Crippen molar-refractivity contribution in [2.24, 2.45) is 16.7 Å². The fourth-order valence-electron chi connectivity index (χ4n) is 4.71. The zero-order chi connectivity index (χ0) is 22.4. The van der Waals surface area contributed by atoms with Gasteiger partial charge in [0.25, 0.3) is 0 Å². The van der Waals surface area contributed by atoms with E-state index in [0.717, 1.165) is 17.7 Å². The van der Waals surface area contributed by atoms with Crippen molar-refractivity contribution in [3.05, 3.63) is 71.3 Å². The van der Waals surface area contributed by atoms with E-state index in [9.17, 15) is 24.6 Å². The van der Waals surface area contributed by atoms with Gasteiger partial charge in [-0.25, -0.2) is 8.78 Å². The Morgan fingerprint density at radius 3 is 2.26 bits per heavy atom. The molecule has 4 rings (SSSR count). The minimum absolute atomic E-state index is 0.00399. The fourth-order valence-corrected chi connectivity index (χ4v) is 4.71. The summed E-state index contributed by atoms with van der Waals surface area (Å²) >= 11 is 0. The van der Waals surface area contributed by atoms with Crippen molar-refractivity contribution in [3.8, 4) is 18.2 Å². The van der Waals surface area contributed by atoms with Crippen molar-refractivity contribution in [3.63, 3.8) is 0 Å². The molecule has 2 aliphatic rings. The maximum atomic E-state index is 14.0. The molecule has 6 nitrogen and oxygen atoms in total. The zero-order valence-corrected chi connectivity index (χ0v) is 16.4. The van der Waals surface area contributed by atoms with Crippen LogP contribution in [0.3, 0.4) is 0 Å². The minimum atomic E-state index is -2.24. The number of rotatable bonds is 3. The Bertz CT molecular complexity index is 1180.